The third-order valence-electron chi connectivity index (χ3n) is 1.70. The first-order chi connectivity index (χ1) is 7.59. The molecule has 0 aliphatic rings. The van der Waals surface area contributed by atoms with Crippen LogP contribution in [0.5, 0.6) is 0 Å². The third-order valence-corrected chi connectivity index (χ3v) is 2.50. The van der Waals surface area contributed by atoms with Gasteiger partial charge in [-0.15, -0.1) is 11.3 Å². The van der Waals surface area contributed by atoms with E-state index < -0.39 is 5.97 Å². The van der Waals surface area contributed by atoms with Crippen LogP contribution in [0.1, 0.15) is 24.3 Å². The first-order valence-electron chi connectivity index (χ1n) is 5.10. The zero-order chi connectivity index (χ0) is 12.0. The van der Waals surface area contributed by atoms with Crippen molar-refractivity contribution in [3.63, 3.8) is 0 Å². The van der Waals surface area contributed by atoms with Gasteiger partial charge in [0.25, 0.3) is 0 Å². The molecule has 0 aliphatic carbocycles. The molecule has 0 saturated heterocycles. The molecule has 0 saturated carbocycles. The average Bonchev–Trinajstić information content (AvgIpc) is 2.65. The van der Waals surface area contributed by atoms with E-state index in [1.807, 2.05) is 0 Å². The molecule has 0 spiro atoms. The summed E-state index contributed by atoms with van der Waals surface area (Å²) in [6.07, 6.45) is 0. The van der Waals surface area contributed by atoms with Gasteiger partial charge in [0.1, 0.15) is 0 Å². The molecule has 90 valence electrons. The minimum Gasteiger partial charge on any atom is -0.476 e. The van der Waals surface area contributed by atoms with E-state index in [-0.39, 0.29) is 5.69 Å². The lowest BCUT2D eigenvalue weighted by Gasteiger charge is -2.06. The van der Waals surface area contributed by atoms with Crippen molar-refractivity contribution in [2.24, 2.45) is 5.92 Å². The van der Waals surface area contributed by atoms with Crippen molar-refractivity contribution in [1.29, 1.82) is 0 Å². The van der Waals surface area contributed by atoms with Gasteiger partial charge in [-0.25, -0.2) is 9.78 Å². The molecule has 1 aromatic heterocycles. The van der Waals surface area contributed by atoms with Crippen LogP contribution in [0.4, 0.5) is 5.13 Å². The molecule has 0 bridgehead atoms. The lowest BCUT2D eigenvalue weighted by molar-refractivity contribution is 0.0691. The Morgan fingerprint density at radius 1 is 1.69 bits per heavy atom. The Balaban J connectivity index is 2.19. The number of nitrogens with one attached hydrogen (secondary N) is 1. The monoisotopic (exact) mass is 244 g/mol. The second-order valence-corrected chi connectivity index (χ2v) is 4.60. The van der Waals surface area contributed by atoms with Crippen LogP contribution >= 0.6 is 11.3 Å². The smallest absolute Gasteiger partial charge is 0.355 e. The van der Waals surface area contributed by atoms with E-state index in [1.54, 1.807) is 0 Å². The summed E-state index contributed by atoms with van der Waals surface area (Å²) < 4.78 is 5.37. The summed E-state index contributed by atoms with van der Waals surface area (Å²) in [5, 5.41) is 13.8. The summed E-state index contributed by atoms with van der Waals surface area (Å²) in [5.41, 5.74) is 0.0793. The van der Waals surface area contributed by atoms with Gasteiger partial charge in [0.15, 0.2) is 10.8 Å². The second kappa shape index (κ2) is 6.44. The van der Waals surface area contributed by atoms with Gasteiger partial charge in [0, 0.05) is 18.5 Å². The minimum absolute atomic E-state index is 0.0793. The van der Waals surface area contributed by atoms with E-state index in [9.17, 15) is 4.79 Å². The van der Waals surface area contributed by atoms with Gasteiger partial charge in [-0.3, -0.25) is 0 Å². The van der Waals surface area contributed by atoms with E-state index in [0.29, 0.717) is 24.2 Å². The molecular weight excluding hydrogens is 228 g/mol. The highest BCUT2D eigenvalue weighted by Crippen LogP contribution is 2.14. The van der Waals surface area contributed by atoms with Gasteiger partial charge in [-0.2, -0.15) is 0 Å². The lowest BCUT2D eigenvalue weighted by atomic mass is 10.2. The summed E-state index contributed by atoms with van der Waals surface area (Å²) in [4.78, 5) is 14.5. The fraction of sp³-hybridized carbons (Fsp3) is 0.600. The maximum atomic E-state index is 10.6. The molecule has 0 aromatic carbocycles. The average molecular weight is 244 g/mol. The first kappa shape index (κ1) is 12.9. The number of nitrogens with zero attached hydrogens (tertiary/aromatic N) is 1. The highest BCUT2D eigenvalue weighted by Gasteiger charge is 2.07. The SMILES string of the molecule is CC(C)COCCNc1nc(C(=O)O)cs1. The molecule has 0 radical (unpaired) electrons. The van der Waals surface area contributed by atoms with Gasteiger partial charge in [-0.05, 0) is 5.92 Å². The van der Waals surface area contributed by atoms with Crippen LogP contribution in [0.2, 0.25) is 0 Å². The van der Waals surface area contributed by atoms with Crippen molar-refractivity contribution >= 4 is 22.4 Å². The number of carbonyl (C=O) groups is 1. The zero-order valence-corrected chi connectivity index (χ0v) is 10.2. The quantitative estimate of drug-likeness (QED) is 0.717. The molecule has 1 rings (SSSR count). The van der Waals surface area contributed by atoms with E-state index in [2.05, 4.69) is 24.1 Å². The van der Waals surface area contributed by atoms with E-state index in [1.165, 1.54) is 16.7 Å². The second-order valence-electron chi connectivity index (χ2n) is 3.74. The molecule has 6 heteroatoms. The molecule has 0 atom stereocenters. The number of hydrogen-bond acceptors (Lipinski definition) is 5. The number of aromatic nitrogens is 1. The highest BCUT2D eigenvalue weighted by atomic mass is 32.1. The van der Waals surface area contributed by atoms with Crippen molar-refractivity contribution in [2.45, 2.75) is 13.8 Å². The number of aromatic carboxylic acids is 1. The van der Waals surface area contributed by atoms with E-state index in [4.69, 9.17) is 9.84 Å². The molecule has 2 N–H and O–H groups in total. The summed E-state index contributed by atoms with van der Waals surface area (Å²) in [6.45, 7) is 6.15. The topological polar surface area (TPSA) is 71.5 Å². The largest absolute Gasteiger partial charge is 0.476 e. The summed E-state index contributed by atoms with van der Waals surface area (Å²) in [5.74, 6) is -0.473. The number of ether oxygens (including phenoxy) is 1. The Bertz CT molecular complexity index is 339. The maximum absolute atomic E-state index is 10.6. The van der Waals surface area contributed by atoms with Crippen molar-refractivity contribution in [2.75, 3.05) is 25.1 Å². The Hall–Kier alpha value is -1.14. The fourth-order valence-electron chi connectivity index (χ4n) is 1.00. The Morgan fingerprint density at radius 3 is 3.00 bits per heavy atom. The number of hydrogen-bond donors (Lipinski definition) is 2. The highest BCUT2D eigenvalue weighted by molar-refractivity contribution is 7.13. The molecule has 0 unspecified atom stereocenters. The fourth-order valence-corrected chi connectivity index (χ4v) is 1.72. The summed E-state index contributed by atoms with van der Waals surface area (Å²) >= 11 is 1.28. The number of anilines is 1. The molecule has 1 aromatic rings. The molecule has 5 nitrogen and oxygen atoms in total. The standard InChI is InChI=1S/C10H16N2O3S/c1-7(2)5-15-4-3-11-10-12-8(6-16-10)9(13)14/h6-7H,3-5H2,1-2H3,(H,11,12)(H,13,14). The first-order valence-corrected chi connectivity index (χ1v) is 5.98. The Labute approximate surface area is 98.5 Å². The van der Waals surface area contributed by atoms with Crippen molar-refractivity contribution < 1.29 is 14.6 Å². The van der Waals surface area contributed by atoms with Gasteiger partial charge >= 0.3 is 5.97 Å². The van der Waals surface area contributed by atoms with Crippen molar-refractivity contribution in [3.05, 3.63) is 11.1 Å². The third kappa shape index (κ3) is 4.59. The van der Waals surface area contributed by atoms with Crippen LogP contribution in [0, 0.1) is 5.92 Å². The molecule has 16 heavy (non-hydrogen) atoms. The number of thiazole rings is 1. The van der Waals surface area contributed by atoms with Gasteiger partial charge in [0.05, 0.1) is 6.61 Å². The van der Waals surface area contributed by atoms with Crippen LogP contribution in [-0.4, -0.2) is 35.8 Å². The van der Waals surface area contributed by atoms with E-state index >= 15 is 0 Å². The van der Waals surface area contributed by atoms with Crippen LogP contribution < -0.4 is 5.32 Å². The molecule has 1 heterocycles. The van der Waals surface area contributed by atoms with Crippen LogP contribution in [0.25, 0.3) is 0 Å². The van der Waals surface area contributed by atoms with Gasteiger partial charge in [-0.1, -0.05) is 13.8 Å². The van der Waals surface area contributed by atoms with Crippen molar-refractivity contribution in [3.8, 4) is 0 Å². The van der Waals surface area contributed by atoms with E-state index in [0.717, 1.165) is 6.61 Å². The van der Waals surface area contributed by atoms with Crippen LogP contribution in [0.15, 0.2) is 5.38 Å². The maximum Gasteiger partial charge on any atom is 0.355 e. The van der Waals surface area contributed by atoms with Gasteiger partial charge in [0.2, 0.25) is 0 Å². The summed E-state index contributed by atoms with van der Waals surface area (Å²) in [7, 11) is 0. The van der Waals surface area contributed by atoms with Crippen LogP contribution in [0.3, 0.4) is 0 Å². The lowest BCUT2D eigenvalue weighted by Crippen LogP contribution is -2.12. The zero-order valence-electron chi connectivity index (χ0n) is 9.40. The Morgan fingerprint density at radius 2 is 2.44 bits per heavy atom. The van der Waals surface area contributed by atoms with Gasteiger partial charge < -0.3 is 15.2 Å². The number of carboxylic acids is 1. The number of rotatable bonds is 7. The Kier molecular flexibility index (Phi) is 5.21. The molecular formula is C10H16N2O3S. The summed E-state index contributed by atoms with van der Waals surface area (Å²) in [6, 6.07) is 0. The molecule has 0 amide bonds. The van der Waals surface area contributed by atoms with Crippen molar-refractivity contribution in [1.82, 2.24) is 4.98 Å². The predicted octanol–water partition coefficient (Wildman–Crippen LogP) is 1.93. The van der Waals surface area contributed by atoms with Crippen LogP contribution in [-0.2, 0) is 4.74 Å². The minimum atomic E-state index is -1.000. The molecule has 0 aliphatic heterocycles. The predicted molar refractivity (Wildman–Crippen MR) is 63.2 cm³/mol. The molecule has 0 fully saturated rings. The normalized spacial score (nSPS) is 10.7. The number of carboxylic acid groups (broad SMARTS) is 1.